The van der Waals surface area contributed by atoms with Gasteiger partial charge in [-0.15, -0.1) is 0 Å². The lowest BCUT2D eigenvalue weighted by Gasteiger charge is -2.18. The fraction of sp³-hybridized carbons (Fsp3) is 0. The first kappa shape index (κ1) is 20.7. The van der Waals surface area contributed by atoms with Crippen LogP contribution in [0.3, 0.4) is 0 Å². The molecule has 2 nitrogen and oxygen atoms in total. The molecule has 0 fully saturated rings. The molecule has 0 amide bonds. The zero-order valence-corrected chi connectivity index (χ0v) is 26.4. The molecule has 11 aromatic rings. The van der Waals surface area contributed by atoms with Crippen LogP contribution in [-0.2, 0) is 0 Å². The second-order valence-corrected chi connectivity index (χ2v) is 12.6. The number of para-hydroxylation sites is 1. The third kappa shape index (κ3) is 3.90. The summed E-state index contributed by atoms with van der Waals surface area (Å²) >= 11 is 0. The van der Waals surface area contributed by atoms with Crippen LogP contribution in [0, 0.1) is 0 Å². The van der Waals surface area contributed by atoms with E-state index < -0.39 is 24.2 Å². The van der Waals surface area contributed by atoms with E-state index in [1.807, 2.05) is 91.0 Å². The van der Waals surface area contributed by atoms with Crippen LogP contribution in [0.4, 0.5) is 0 Å². The van der Waals surface area contributed by atoms with Gasteiger partial charge in [0.05, 0.1) is 11.0 Å². The molecular weight excluding hydrogens is 609 g/mol. The van der Waals surface area contributed by atoms with E-state index >= 15 is 0 Å². The van der Waals surface area contributed by atoms with Gasteiger partial charge in [0, 0.05) is 21.5 Å². The first-order chi connectivity index (χ1) is 28.1. The van der Waals surface area contributed by atoms with E-state index in [4.69, 9.17) is 14.3 Å². The van der Waals surface area contributed by atoms with Gasteiger partial charge in [-0.3, -0.25) is 0 Å². The molecule has 0 unspecified atom stereocenters. The standard InChI is InChI=1S/C48H28O2/c1-2-12-33-29(10-1)11-9-18-34(33)30-20-22-31(23-21-30)45-35-13-3-5-15-37(35)46(38-16-6-4-14-36(38)45)32-24-25-42-40(28-32)48-44(50-42)27-26-43-47(48)39-17-7-8-19-41(39)49-43/h1-28H/i3D,4D,5D,6D,13D,14D,15D,16D. The minimum Gasteiger partial charge on any atom is -0.456 e. The van der Waals surface area contributed by atoms with Gasteiger partial charge in [0.2, 0.25) is 0 Å². The predicted molar refractivity (Wildman–Crippen MR) is 210 cm³/mol. The van der Waals surface area contributed by atoms with Crippen LogP contribution in [0.1, 0.15) is 11.0 Å². The molecule has 0 atom stereocenters. The monoisotopic (exact) mass is 644 g/mol. The maximum Gasteiger partial charge on any atom is 0.136 e. The Kier molecular flexibility index (Phi) is 4.31. The molecule has 0 saturated carbocycles. The average Bonchev–Trinajstić information content (AvgIpc) is 3.82. The van der Waals surface area contributed by atoms with E-state index in [2.05, 4.69) is 18.2 Å². The van der Waals surface area contributed by atoms with Crippen LogP contribution in [0.15, 0.2) is 179 Å². The minimum absolute atomic E-state index is 0.155. The Bertz CT molecular complexity index is 3520. The lowest BCUT2D eigenvalue weighted by molar-refractivity contribution is 0.663. The van der Waals surface area contributed by atoms with Crippen molar-refractivity contribution in [3.63, 3.8) is 0 Å². The smallest absolute Gasteiger partial charge is 0.136 e. The van der Waals surface area contributed by atoms with Crippen molar-refractivity contribution in [3.8, 4) is 33.4 Å². The maximum absolute atomic E-state index is 9.42. The molecule has 232 valence electrons. The first-order valence-corrected chi connectivity index (χ1v) is 16.4. The molecule has 0 bridgehead atoms. The Morgan fingerprint density at radius 2 is 0.860 bits per heavy atom. The van der Waals surface area contributed by atoms with Gasteiger partial charge in [-0.05, 0) is 96.0 Å². The topological polar surface area (TPSA) is 26.3 Å². The third-order valence-corrected chi connectivity index (χ3v) is 9.91. The normalized spacial score (nSPS) is 14.2. The average molecular weight is 645 g/mol. The van der Waals surface area contributed by atoms with E-state index in [1.165, 1.54) is 0 Å². The summed E-state index contributed by atoms with van der Waals surface area (Å²) in [7, 11) is 0. The Hall–Kier alpha value is -6.64. The Morgan fingerprint density at radius 3 is 1.56 bits per heavy atom. The zero-order valence-electron chi connectivity index (χ0n) is 34.4. The molecule has 2 heterocycles. The van der Waals surface area contributed by atoms with Gasteiger partial charge in [-0.25, -0.2) is 0 Å². The molecule has 0 aliphatic rings. The van der Waals surface area contributed by atoms with Crippen molar-refractivity contribution in [2.45, 2.75) is 0 Å². The van der Waals surface area contributed by atoms with Gasteiger partial charge >= 0.3 is 0 Å². The van der Waals surface area contributed by atoms with Gasteiger partial charge in [0.15, 0.2) is 0 Å². The van der Waals surface area contributed by atoms with Crippen molar-refractivity contribution in [2.75, 3.05) is 0 Å². The van der Waals surface area contributed by atoms with Crippen LogP contribution in [0.25, 0.3) is 110 Å². The minimum atomic E-state index is -0.447. The summed E-state index contributed by atoms with van der Waals surface area (Å²) in [6, 6.07) is 35.8. The highest BCUT2D eigenvalue weighted by Gasteiger charge is 2.20. The zero-order chi connectivity index (χ0) is 39.7. The molecule has 0 N–H and O–H groups in total. The van der Waals surface area contributed by atoms with E-state index in [1.54, 1.807) is 12.1 Å². The molecule has 0 aliphatic carbocycles. The highest BCUT2D eigenvalue weighted by Crippen LogP contribution is 2.46. The van der Waals surface area contributed by atoms with E-state index in [0.29, 0.717) is 33.4 Å². The number of rotatable bonds is 3. The van der Waals surface area contributed by atoms with Gasteiger partial charge < -0.3 is 8.83 Å². The van der Waals surface area contributed by atoms with Crippen LogP contribution < -0.4 is 0 Å². The number of benzene rings is 9. The summed E-state index contributed by atoms with van der Waals surface area (Å²) in [5, 5.41) is 6.11. The summed E-state index contributed by atoms with van der Waals surface area (Å²) in [5.74, 6) is 0. The SMILES string of the molecule is [2H]c1c([2H])c([2H])c2c(-c3ccc4oc5ccc6oc7ccccc7c6c5c4c3)c3c([2H])c([2H])c([2H])c([2H])c3c(-c3ccc(-c4cccc5ccccc45)cc3)c2c1[2H]. The van der Waals surface area contributed by atoms with Crippen LogP contribution in [-0.4, -0.2) is 0 Å². The van der Waals surface area contributed by atoms with Gasteiger partial charge in [0.1, 0.15) is 22.3 Å². The molecule has 11 rings (SSSR count). The summed E-state index contributed by atoms with van der Waals surface area (Å²) in [5.41, 5.74) is 6.19. The van der Waals surface area contributed by atoms with Crippen molar-refractivity contribution < 1.29 is 19.8 Å². The fourth-order valence-corrected chi connectivity index (χ4v) is 7.73. The first-order valence-electron chi connectivity index (χ1n) is 20.4. The predicted octanol–water partition coefficient (Wildman–Crippen LogP) is 13.9. The third-order valence-electron chi connectivity index (χ3n) is 9.91. The Balaban J connectivity index is 1.27. The van der Waals surface area contributed by atoms with Crippen LogP contribution >= 0.6 is 0 Å². The Morgan fingerprint density at radius 1 is 0.360 bits per heavy atom. The number of hydrogen-bond acceptors (Lipinski definition) is 2. The highest BCUT2D eigenvalue weighted by atomic mass is 16.3. The molecule has 0 saturated heterocycles. The molecular formula is C48H28O2. The summed E-state index contributed by atoms with van der Waals surface area (Å²) < 4.78 is 85.6. The van der Waals surface area contributed by atoms with Crippen molar-refractivity contribution in [3.05, 3.63) is 170 Å². The molecule has 0 spiro atoms. The largest absolute Gasteiger partial charge is 0.456 e. The lowest BCUT2D eigenvalue weighted by Crippen LogP contribution is -1.91. The molecule has 0 radical (unpaired) electrons. The summed E-state index contributed by atoms with van der Waals surface area (Å²) in [6.07, 6.45) is 0. The van der Waals surface area contributed by atoms with E-state index in [9.17, 15) is 5.48 Å². The van der Waals surface area contributed by atoms with Gasteiger partial charge in [-0.2, -0.15) is 0 Å². The van der Waals surface area contributed by atoms with Crippen molar-refractivity contribution in [2.24, 2.45) is 0 Å². The lowest BCUT2D eigenvalue weighted by atomic mass is 9.85. The van der Waals surface area contributed by atoms with E-state index in [0.717, 1.165) is 49.0 Å². The number of hydrogen-bond donors (Lipinski definition) is 0. The number of furan rings is 2. The molecule has 50 heavy (non-hydrogen) atoms. The van der Waals surface area contributed by atoms with Gasteiger partial charge in [-0.1, -0.05) is 139 Å². The summed E-state index contributed by atoms with van der Waals surface area (Å²) in [6.45, 7) is 0. The molecule has 2 heteroatoms. The van der Waals surface area contributed by atoms with Crippen LogP contribution in [0.5, 0.6) is 0 Å². The fourth-order valence-electron chi connectivity index (χ4n) is 7.73. The molecule has 2 aromatic heterocycles. The van der Waals surface area contributed by atoms with E-state index in [-0.39, 0.29) is 51.3 Å². The Labute approximate surface area is 298 Å². The van der Waals surface area contributed by atoms with Crippen LogP contribution in [0.2, 0.25) is 0 Å². The summed E-state index contributed by atoms with van der Waals surface area (Å²) in [4.78, 5) is 0. The maximum atomic E-state index is 9.42. The van der Waals surface area contributed by atoms with Crippen molar-refractivity contribution in [1.82, 2.24) is 0 Å². The molecule has 0 aliphatic heterocycles. The second-order valence-electron chi connectivity index (χ2n) is 12.6. The number of fused-ring (bicyclic) bond motifs is 10. The van der Waals surface area contributed by atoms with Crippen molar-refractivity contribution >= 4 is 76.2 Å². The quantitative estimate of drug-likeness (QED) is 0.179. The highest BCUT2D eigenvalue weighted by molar-refractivity contribution is 6.27. The van der Waals surface area contributed by atoms with Crippen molar-refractivity contribution in [1.29, 1.82) is 0 Å². The van der Waals surface area contributed by atoms with Gasteiger partial charge in [0.25, 0.3) is 0 Å². The second kappa shape index (κ2) is 10.4. The molecule has 9 aromatic carbocycles.